The van der Waals surface area contributed by atoms with Crippen LogP contribution < -0.4 is 4.90 Å². The molecule has 0 N–H and O–H groups in total. The van der Waals surface area contributed by atoms with Crippen molar-refractivity contribution in [3.8, 4) is 22.3 Å². The van der Waals surface area contributed by atoms with E-state index in [1.54, 1.807) is 0 Å². The van der Waals surface area contributed by atoms with Gasteiger partial charge in [0.1, 0.15) is 11.2 Å². The second kappa shape index (κ2) is 12.9. The van der Waals surface area contributed by atoms with Gasteiger partial charge in [-0.1, -0.05) is 164 Å². The number of fused-ring (bicyclic) bond motifs is 11. The summed E-state index contributed by atoms with van der Waals surface area (Å²) in [5.74, 6) is 0. The Hall–Kier alpha value is -7.68. The standard InChI is InChI=1S/C56H35NO/c1-3-15-38(16-4-1)54-49-22-12-11-21-47(49)48-31-27-42(35-52(48)55(54)39-17-5-2-6-18-39)57(41-26-30-45-40(33-41)24-23-36-13-7-9-19-44(36)45)43-28-32-53-51(34-43)50-29-25-37-14-8-10-20-46(37)56(50)58-53/h1-35H. The lowest BCUT2D eigenvalue weighted by Crippen LogP contribution is -2.10. The van der Waals surface area contributed by atoms with Crippen molar-refractivity contribution in [1.29, 1.82) is 0 Å². The summed E-state index contributed by atoms with van der Waals surface area (Å²) in [6.07, 6.45) is 0. The van der Waals surface area contributed by atoms with E-state index in [2.05, 4.69) is 217 Å². The maximum Gasteiger partial charge on any atom is 0.143 e. The first-order chi connectivity index (χ1) is 28.8. The van der Waals surface area contributed by atoms with Crippen molar-refractivity contribution in [2.45, 2.75) is 0 Å². The zero-order chi connectivity index (χ0) is 38.2. The van der Waals surface area contributed by atoms with Crippen molar-refractivity contribution >= 4 is 92.9 Å². The highest BCUT2D eigenvalue weighted by Gasteiger charge is 2.22. The molecule has 11 aromatic carbocycles. The first-order valence-electron chi connectivity index (χ1n) is 19.9. The summed E-state index contributed by atoms with van der Waals surface area (Å²) in [7, 11) is 0. The number of furan rings is 1. The quantitative estimate of drug-likeness (QED) is 0.164. The van der Waals surface area contributed by atoms with Crippen LogP contribution in [0.4, 0.5) is 17.1 Å². The first kappa shape index (κ1) is 32.6. The Bertz CT molecular complexity index is 3570. The molecule has 270 valence electrons. The molecule has 0 aliphatic rings. The van der Waals surface area contributed by atoms with Gasteiger partial charge in [-0.15, -0.1) is 0 Å². The molecule has 0 saturated heterocycles. The second-order valence-electron chi connectivity index (χ2n) is 15.2. The van der Waals surface area contributed by atoms with E-state index in [0.29, 0.717) is 0 Å². The molecule has 0 saturated carbocycles. The van der Waals surface area contributed by atoms with Gasteiger partial charge in [-0.2, -0.15) is 0 Å². The maximum atomic E-state index is 6.61. The lowest BCUT2D eigenvalue weighted by Gasteiger charge is -2.27. The van der Waals surface area contributed by atoms with Gasteiger partial charge in [0.2, 0.25) is 0 Å². The molecule has 0 spiro atoms. The number of nitrogens with zero attached hydrogens (tertiary/aromatic N) is 1. The largest absolute Gasteiger partial charge is 0.455 e. The molecule has 2 nitrogen and oxygen atoms in total. The van der Waals surface area contributed by atoms with Gasteiger partial charge in [0.05, 0.1) is 0 Å². The molecule has 58 heavy (non-hydrogen) atoms. The van der Waals surface area contributed by atoms with Crippen LogP contribution in [-0.4, -0.2) is 0 Å². The molecule has 0 bridgehead atoms. The highest BCUT2D eigenvalue weighted by atomic mass is 16.3. The third-order valence-electron chi connectivity index (χ3n) is 12.0. The van der Waals surface area contributed by atoms with Crippen LogP contribution >= 0.6 is 0 Å². The third kappa shape index (κ3) is 5.05. The van der Waals surface area contributed by atoms with E-state index in [1.165, 1.54) is 70.7 Å². The smallest absolute Gasteiger partial charge is 0.143 e. The minimum absolute atomic E-state index is 0.879. The van der Waals surface area contributed by atoms with E-state index in [1.807, 2.05) is 0 Å². The molecule has 0 aliphatic carbocycles. The number of hydrogen-bond donors (Lipinski definition) is 0. The average Bonchev–Trinajstić information content (AvgIpc) is 3.68. The molecule has 0 aliphatic heterocycles. The fourth-order valence-electron chi connectivity index (χ4n) is 9.35. The Morgan fingerprint density at radius 3 is 1.48 bits per heavy atom. The summed E-state index contributed by atoms with van der Waals surface area (Å²) in [6.45, 7) is 0. The van der Waals surface area contributed by atoms with Crippen LogP contribution in [0.15, 0.2) is 217 Å². The van der Waals surface area contributed by atoms with Crippen LogP contribution in [0.1, 0.15) is 0 Å². The Balaban J connectivity index is 1.16. The van der Waals surface area contributed by atoms with E-state index < -0.39 is 0 Å². The maximum absolute atomic E-state index is 6.61. The van der Waals surface area contributed by atoms with Gasteiger partial charge in [-0.3, -0.25) is 0 Å². The van der Waals surface area contributed by atoms with E-state index in [0.717, 1.165) is 44.4 Å². The Labute approximate surface area is 335 Å². The average molecular weight is 738 g/mol. The number of hydrogen-bond acceptors (Lipinski definition) is 2. The van der Waals surface area contributed by atoms with E-state index >= 15 is 0 Å². The van der Waals surface area contributed by atoms with Crippen molar-refractivity contribution in [3.63, 3.8) is 0 Å². The monoisotopic (exact) mass is 737 g/mol. The molecule has 1 aromatic heterocycles. The number of rotatable bonds is 5. The molecule has 0 atom stereocenters. The second-order valence-corrected chi connectivity index (χ2v) is 15.2. The van der Waals surface area contributed by atoms with E-state index in [4.69, 9.17) is 4.42 Å². The SMILES string of the molecule is c1ccc(-c2c(-c3ccccc3)c3cc(N(c4ccc5c(ccc6ccccc65)c4)c4ccc5oc6c7ccccc7ccc6c5c4)ccc3c3ccccc23)cc1. The van der Waals surface area contributed by atoms with Gasteiger partial charge in [0.15, 0.2) is 0 Å². The summed E-state index contributed by atoms with van der Waals surface area (Å²) in [6, 6.07) is 77.2. The van der Waals surface area contributed by atoms with Crippen LogP contribution in [0, 0.1) is 0 Å². The normalized spacial score (nSPS) is 11.8. The summed E-state index contributed by atoms with van der Waals surface area (Å²) >= 11 is 0. The molecule has 12 aromatic rings. The molecule has 0 amide bonds. The molecule has 2 heteroatoms. The minimum atomic E-state index is 0.879. The molecular weight excluding hydrogens is 703 g/mol. The van der Waals surface area contributed by atoms with E-state index in [9.17, 15) is 0 Å². The molecule has 0 radical (unpaired) electrons. The van der Waals surface area contributed by atoms with Crippen molar-refractivity contribution in [3.05, 3.63) is 212 Å². The number of anilines is 3. The van der Waals surface area contributed by atoms with E-state index in [-0.39, 0.29) is 0 Å². The van der Waals surface area contributed by atoms with Crippen molar-refractivity contribution in [2.75, 3.05) is 4.90 Å². The Morgan fingerprint density at radius 1 is 0.276 bits per heavy atom. The predicted molar refractivity (Wildman–Crippen MR) is 247 cm³/mol. The first-order valence-corrected chi connectivity index (χ1v) is 19.9. The summed E-state index contributed by atoms with van der Waals surface area (Å²) < 4.78 is 6.61. The van der Waals surface area contributed by atoms with Gasteiger partial charge in [-0.05, 0) is 119 Å². The van der Waals surface area contributed by atoms with Crippen LogP contribution in [0.25, 0.3) is 98.1 Å². The molecule has 0 unspecified atom stereocenters. The molecule has 12 rings (SSSR count). The Kier molecular flexibility index (Phi) is 7.26. The zero-order valence-electron chi connectivity index (χ0n) is 31.6. The van der Waals surface area contributed by atoms with Crippen LogP contribution in [0.5, 0.6) is 0 Å². The highest BCUT2D eigenvalue weighted by molar-refractivity contribution is 6.22. The van der Waals surface area contributed by atoms with Crippen LogP contribution in [0.2, 0.25) is 0 Å². The van der Waals surface area contributed by atoms with Crippen LogP contribution in [-0.2, 0) is 0 Å². The summed E-state index contributed by atoms with van der Waals surface area (Å²) in [5, 5.41) is 14.4. The highest BCUT2D eigenvalue weighted by Crippen LogP contribution is 2.48. The van der Waals surface area contributed by atoms with Gasteiger partial charge in [0, 0.05) is 33.2 Å². The molecule has 1 heterocycles. The zero-order valence-corrected chi connectivity index (χ0v) is 31.6. The van der Waals surface area contributed by atoms with Crippen molar-refractivity contribution < 1.29 is 4.42 Å². The lowest BCUT2D eigenvalue weighted by atomic mass is 9.85. The Morgan fingerprint density at radius 2 is 0.741 bits per heavy atom. The van der Waals surface area contributed by atoms with Crippen molar-refractivity contribution in [2.24, 2.45) is 0 Å². The fourth-order valence-corrected chi connectivity index (χ4v) is 9.35. The van der Waals surface area contributed by atoms with Gasteiger partial charge in [0.25, 0.3) is 0 Å². The predicted octanol–water partition coefficient (Wildman–Crippen LogP) is 16.2. The third-order valence-corrected chi connectivity index (χ3v) is 12.0. The van der Waals surface area contributed by atoms with Gasteiger partial charge in [-0.25, -0.2) is 0 Å². The van der Waals surface area contributed by atoms with Gasteiger partial charge < -0.3 is 9.32 Å². The molecule has 0 fully saturated rings. The summed E-state index contributed by atoms with van der Waals surface area (Å²) in [4.78, 5) is 2.42. The summed E-state index contributed by atoms with van der Waals surface area (Å²) in [5.41, 5.74) is 9.90. The van der Waals surface area contributed by atoms with Crippen LogP contribution in [0.3, 0.4) is 0 Å². The molecular formula is C56H35NO. The van der Waals surface area contributed by atoms with Crippen molar-refractivity contribution in [1.82, 2.24) is 0 Å². The van der Waals surface area contributed by atoms with Gasteiger partial charge >= 0.3 is 0 Å². The fraction of sp³-hybridized carbons (Fsp3) is 0. The lowest BCUT2D eigenvalue weighted by molar-refractivity contribution is 0.672. The number of benzene rings is 11. The topological polar surface area (TPSA) is 16.4 Å². The minimum Gasteiger partial charge on any atom is -0.455 e.